The molecule has 1 aliphatic heterocycles. The van der Waals surface area contributed by atoms with Crippen molar-refractivity contribution in [2.24, 2.45) is 0 Å². The SMILES string of the molecule is O=C(O)CC(NC(=O)CN1CCCS1(=O)=O)c1ccc(F)cc1. The highest BCUT2D eigenvalue weighted by Crippen LogP contribution is 2.18. The normalized spacial score (nSPS) is 18.5. The van der Waals surface area contributed by atoms with Crippen molar-refractivity contribution in [3.05, 3.63) is 35.6 Å². The first-order chi connectivity index (χ1) is 10.8. The molecule has 2 rings (SSSR count). The largest absolute Gasteiger partial charge is 0.481 e. The summed E-state index contributed by atoms with van der Waals surface area (Å²) >= 11 is 0. The molecular weight excluding hydrogens is 327 g/mol. The number of nitrogens with zero attached hydrogens (tertiary/aromatic N) is 1. The van der Waals surface area contributed by atoms with Crippen molar-refractivity contribution in [1.29, 1.82) is 0 Å². The van der Waals surface area contributed by atoms with Crippen LogP contribution in [0.25, 0.3) is 0 Å². The van der Waals surface area contributed by atoms with Crippen LogP contribution in [0.15, 0.2) is 24.3 Å². The fourth-order valence-electron chi connectivity index (χ4n) is 2.39. The molecule has 9 heteroatoms. The number of halogens is 1. The number of aliphatic carboxylic acids is 1. The number of benzene rings is 1. The third kappa shape index (κ3) is 4.73. The monoisotopic (exact) mass is 344 g/mol. The quantitative estimate of drug-likeness (QED) is 0.782. The highest BCUT2D eigenvalue weighted by molar-refractivity contribution is 7.89. The highest BCUT2D eigenvalue weighted by atomic mass is 32.2. The molecule has 1 fully saturated rings. The molecule has 0 spiro atoms. The Morgan fingerprint density at radius 1 is 1.30 bits per heavy atom. The highest BCUT2D eigenvalue weighted by Gasteiger charge is 2.30. The van der Waals surface area contributed by atoms with E-state index in [4.69, 9.17) is 5.11 Å². The molecule has 1 saturated heterocycles. The van der Waals surface area contributed by atoms with Crippen molar-refractivity contribution in [2.75, 3.05) is 18.8 Å². The Balaban J connectivity index is 2.06. The maximum atomic E-state index is 13.0. The zero-order valence-electron chi connectivity index (χ0n) is 12.2. The van der Waals surface area contributed by atoms with Gasteiger partial charge in [-0.15, -0.1) is 0 Å². The Kier molecular flexibility index (Phi) is 5.32. The Hall–Kier alpha value is -2.00. The molecule has 1 aromatic rings. The van der Waals surface area contributed by atoms with Crippen LogP contribution in [-0.2, 0) is 19.6 Å². The number of carboxylic acids is 1. The summed E-state index contributed by atoms with van der Waals surface area (Å²) in [6, 6.07) is 4.25. The van der Waals surface area contributed by atoms with Gasteiger partial charge in [-0.2, -0.15) is 4.31 Å². The van der Waals surface area contributed by atoms with Gasteiger partial charge in [-0.05, 0) is 24.1 Å². The number of hydrogen-bond acceptors (Lipinski definition) is 4. The summed E-state index contributed by atoms with van der Waals surface area (Å²) < 4.78 is 37.4. The number of hydrogen-bond donors (Lipinski definition) is 2. The van der Waals surface area contributed by atoms with E-state index in [-0.39, 0.29) is 25.3 Å². The molecule has 1 atom stereocenters. The molecule has 0 aromatic heterocycles. The Morgan fingerprint density at radius 3 is 2.48 bits per heavy atom. The molecule has 0 bridgehead atoms. The fourth-order valence-corrected chi connectivity index (χ4v) is 3.86. The van der Waals surface area contributed by atoms with Crippen LogP contribution in [0.4, 0.5) is 4.39 Å². The van der Waals surface area contributed by atoms with Crippen molar-refractivity contribution in [3.63, 3.8) is 0 Å². The molecule has 23 heavy (non-hydrogen) atoms. The molecule has 2 N–H and O–H groups in total. The van der Waals surface area contributed by atoms with E-state index in [0.29, 0.717) is 12.0 Å². The smallest absolute Gasteiger partial charge is 0.305 e. The lowest BCUT2D eigenvalue weighted by molar-refractivity contribution is -0.137. The van der Waals surface area contributed by atoms with Gasteiger partial charge in [0.15, 0.2) is 0 Å². The van der Waals surface area contributed by atoms with Gasteiger partial charge in [-0.1, -0.05) is 12.1 Å². The Morgan fingerprint density at radius 2 is 1.96 bits per heavy atom. The van der Waals surface area contributed by atoms with E-state index in [0.717, 1.165) is 4.31 Å². The van der Waals surface area contributed by atoms with Crippen LogP contribution in [-0.4, -0.2) is 48.5 Å². The van der Waals surface area contributed by atoms with E-state index >= 15 is 0 Å². The topological polar surface area (TPSA) is 104 Å². The van der Waals surface area contributed by atoms with Gasteiger partial charge in [0, 0.05) is 6.54 Å². The fraction of sp³-hybridized carbons (Fsp3) is 0.429. The van der Waals surface area contributed by atoms with Crippen LogP contribution in [0, 0.1) is 5.82 Å². The van der Waals surface area contributed by atoms with Crippen LogP contribution in [0.3, 0.4) is 0 Å². The molecule has 0 aliphatic carbocycles. The predicted molar refractivity (Wildman–Crippen MR) is 79.5 cm³/mol. The van der Waals surface area contributed by atoms with E-state index < -0.39 is 33.8 Å². The maximum absolute atomic E-state index is 13.0. The van der Waals surface area contributed by atoms with Gasteiger partial charge in [0.1, 0.15) is 5.82 Å². The van der Waals surface area contributed by atoms with Crippen LogP contribution in [0.2, 0.25) is 0 Å². The third-order valence-electron chi connectivity index (χ3n) is 3.51. The van der Waals surface area contributed by atoms with Gasteiger partial charge in [0.05, 0.1) is 24.8 Å². The van der Waals surface area contributed by atoms with Crippen molar-refractivity contribution in [1.82, 2.24) is 9.62 Å². The molecule has 126 valence electrons. The first-order valence-electron chi connectivity index (χ1n) is 7.02. The van der Waals surface area contributed by atoms with Gasteiger partial charge in [0.25, 0.3) is 0 Å². The molecular formula is C14H17FN2O5S. The summed E-state index contributed by atoms with van der Waals surface area (Å²) in [4.78, 5) is 23.0. The van der Waals surface area contributed by atoms with Crippen LogP contribution >= 0.6 is 0 Å². The summed E-state index contributed by atoms with van der Waals surface area (Å²) in [5.74, 6) is -2.19. The maximum Gasteiger partial charge on any atom is 0.305 e. The van der Waals surface area contributed by atoms with Crippen molar-refractivity contribution in [3.8, 4) is 0 Å². The third-order valence-corrected chi connectivity index (χ3v) is 5.41. The van der Waals surface area contributed by atoms with Crippen LogP contribution < -0.4 is 5.32 Å². The predicted octanol–water partition coefficient (Wildman–Crippen LogP) is 0.493. The van der Waals surface area contributed by atoms with Crippen molar-refractivity contribution in [2.45, 2.75) is 18.9 Å². The summed E-state index contributed by atoms with van der Waals surface area (Å²) in [5, 5.41) is 11.4. The minimum atomic E-state index is -3.40. The molecule has 1 heterocycles. The Labute approximate surface area is 133 Å². The average Bonchev–Trinajstić information content (AvgIpc) is 2.77. The second-order valence-corrected chi connectivity index (χ2v) is 7.36. The van der Waals surface area contributed by atoms with Gasteiger partial charge < -0.3 is 10.4 Å². The van der Waals surface area contributed by atoms with Gasteiger partial charge in [0.2, 0.25) is 15.9 Å². The van der Waals surface area contributed by atoms with E-state index in [9.17, 15) is 22.4 Å². The summed E-state index contributed by atoms with van der Waals surface area (Å²) in [7, 11) is -3.40. The molecule has 1 amide bonds. The number of carbonyl (C=O) groups is 2. The molecule has 0 radical (unpaired) electrons. The molecule has 1 unspecified atom stereocenters. The number of carboxylic acid groups (broad SMARTS) is 1. The zero-order chi connectivity index (χ0) is 17.0. The second kappa shape index (κ2) is 7.05. The lowest BCUT2D eigenvalue weighted by Gasteiger charge is -2.20. The molecule has 7 nitrogen and oxygen atoms in total. The summed E-state index contributed by atoms with van der Waals surface area (Å²) in [5.41, 5.74) is 0.437. The number of amides is 1. The van der Waals surface area contributed by atoms with E-state index in [1.54, 1.807) is 0 Å². The number of carbonyl (C=O) groups excluding carboxylic acids is 1. The van der Waals surface area contributed by atoms with Crippen LogP contribution in [0.1, 0.15) is 24.4 Å². The lowest BCUT2D eigenvalue weighted by atomic mass is 10.0. The van der Waals surface area contributed by atoms with Crippen molar-refractivity contribution < 1.29 is 27.5 Å². The van der Waals surface area contributed by atoms with E-state index in [2.05, 4.69) is 5.32 Å². The number of sulfonamides is 1. The summed E-state index contributed by atoms with van der Waals surface area (Å²) in [6.07, 6.45) is 0.0796. The lowest BCUT2D eigenvalue weighted by Crippen LogP contribution is -2.40. The standard InChI is InChI=1S/C14H17FN2O5S/c15-11-4-2-10(3-5-11)12(8-14(19)20)16-13(18)9-17-6-1-7-23(17,21)22/h2-5,12H,1,6-9H2,(H,16,18)(H,19,20). The Bertz CT molecular complexity index is 690. The van der Waals surface area contributed by atoms with Crippen LogP contribution in [0.5, 0.6) is 0 Å². The van der Waals surface area contributed by atoms with Gasteiger partial charge >= 0.3 is 5.97 Å². The summed E-state index contributed by atoms with van der Waals surface area (Å²) in [6.45, 7) is -0.0739. The zero-order valence-corrected chi connectivity index (χ0v) is 13.1. The second-order valence-electron chi connectivity index (χ2n) is 5.27. The van der Waals surface area contributed by atoms with Gasteiger partial charge in [-0.3, -0.25) is 9.59 Å². The molecule has 1 aromatic carbocycles. The first kappa shape index (κ1) is 17.4. The number of nitrogens with one attached hydrogen (secondary N) is 1. The molecule has 0 saturated carbocycles. The number of rotatable bonds is 6. The minimum Gasteiger partial charge on any atom is -0.481 e. The first-order valence-corrected chi connectivity index (χ1v) is 8.63. The molecule has 1 aliphatic rings. The minimum absolute atomic E-state index is 0.0107. The average molecular weight is 344 g/mol. The van der Waals surface area contributed by atoms with E-state index in [1.165, 1.54) is 24.3 Å². The van der Waals surface area contributed by atoms with Gasteiger partial charge in [-0.25, -0.2) is 12.8 Å². The van der Waals surface area contributed by atoms with E-state index in [1.807, 2.05) is 0 Å². The van der Waals surface area contributed by atoms with Crippen molar-refractivity contribution >= 4 is 21.9 Å².